The van der Waals surface area contributed by atoms with Crippen molar-refractivity contribution in [2.45, 2.75) is 18.9 Å². The molecular weight excluding hydrogens is 406 g/mol. The molecular formula is C25H25N3O4. The zero-order chi connectivity index (χ0) is 22.5. The third-order valence-corrected chi connectivity index (χ3v) is 5.91. The summed E-state index contributed by atoms with van der Waals surface area (Å²) in [5.41, 5.74) is 2.09. The molecule has 2 N–H and O–H groups in total. The van der Waals surface area contributed by atoms with Crippen molar-refractivity contribution in [3.63, 3.8) is 0 Å². The number of carbonyl (C=O) groups excluding carboxylic acids is 1. The number of hydrogen-bond donors (Lipinski definition) is 2. The molecule has 0 aromatic heterocycles. The van der Waals surface area contributed by atoms with Crippen molar-refractivity contribution in [2.75, 3.05) is 18.4 Å². The maximum absolute atomic E-state index is 13.0. The summed E-state index contributed by atoms with van der Waals surface area (Å²) < 4.78 is 0. The summed E-state index contributed by atoms with van der Waals surface area (Å²) in [6.07, 6.45) is 0.799. The van der Waals surface area contributed by atoms with E-state index < -0.39 is 11.0 Å². The zero-order valence-electron chi connectivity index (χ0n) is 17.6. The van der Waals surface area contributed by atoms with Crippen molar-refractivity contribution in [3.8, 4) is 0 Å². The van der Waals surface area contributed by atoms with Gasteiger partial charge in [0.15, 0.2) is 0 Å². The van der Waals surface area contributed by atoms with Gasteiger partial charge in [-0.05, 0) is 48.6 Å². The monoisotopic (exact) mass is 431 g/mol. The second-order valence-electron chi connectivity index (χ2n) is 7.97. The van der Waals surface area contributed by atoms with Gasteiger partial charge >= 0.3 is 0 Å². The van der Waals surface area contributed by atoms with Crippen LogP contribution in [-0.2, 0) is 0 Å². The number of rotatable bonds is 6. The molecule has 1 atom stereocenters. The van der Waals surface area contributed by atoms with Crippen LogP contribution in [0.4, 0.5) is 17.1 Å². The van der Waals surface area contributed by atoms with Crippen molar-refractivity contribution in [1.82, 2.24) is 4.90 Å². The second-order valence-corrected chi connectivity index (χ2v) is 7.97. The van der Waals surface area contributed by atoms with Crippen LogP contribution in [0.25, 0.3) is 0 Å². The average Bonchev–Trinajstić information content (AvgIpc) is 2.84. The maximum atomic E-state index is 13.0. The summed E-state index contributed by atoms with van der Waals surface area (Å²) in [5.74, 6) is -0.153. The predicted octanol–water partition coefficient (Wildman–Crippen LogP) is 4.92. The SMILES string of the molecule is O=C(c1ccc(Nc2ccccc2)c([N+](=O)[O-])c1)N1CCC([C@H](O)c2ccccc2)CC1. The minimum atomic E-state index is -0.558. The van der Waals surface area contributed by atoms with Gasteiger partial charge < -0.3 is 15.3 Å². The summed E-state index contributed by atoms with van der Waals surface area (Å²) >= 11 is 0. The fourth-order valence-electron chi connectivity index (χ4n) is 4.12. The van der Waals surface area contributed by atoms with Crippen molar-refractivity contribution in [3.05, 3.63) is 100 Å². The first kappa shape index (κ1) is 21.5. The number of nitrogens with zero attached hydrogens (tertiary/aromatic N) is 2. The second kappa shape index (κ2) is 9.62. The summed E-state index contributed by atoms with van der Waals surface area (Å²) in [5, 5.41) is 25.3. The highest BCUT2D eigenvalue weighted by Crippen LogP contribution is 2.32. The number of nitro groups is 1. The van der Waals surface area contributed by atoms with Crippen molar-refractivity contribution >= 4 is 23.0 Å². The van der Waals surface area contributed by atoms with Gasteiger partial charge in [-0.2, -0.15) is 0 Å². The Balaban J connectivity index is 1.44. The van der Waals surface area contributed by atoms with Gasteiger partial charge in [0.1, 0.15) is 5.69 Å². The number of anilines is 2. The molecule has 164 valence electrons. The number of benzene rings is 3. The van der Waals surface area contributed by atoms with Gasteiger partial charge in [-0.1, -0.05) is 48.5 Å². The Morgan fingerprint density at radius 1 is 1.00 bits per heavy atom. The zero-order valence-corrected chi connectivity index (χ0v) is 17.6. The molecule has 32 heavy (non-hydrogen) atoms. The molecule has 4 rings (SSSR count). The number of para-hydroxylation sites is 1. The molecule has 0 spiro atoms. The fourth-order valence-corrected chi connectivity index (χ4v) is 4.12. The summed E-state index contributed by atoms with van der Waals surface area (Å²) in [4.78, 5) is 25.9. The number of nitrogens with one attached hydrogen (secondary N) is 1. The minimum Gasteiger partial charge on any atom is -0.388 e. The molecule has 1 heterocycles. The van der Waals surface area contributed by atoms with E-state index in [-0.39, 0.29) is 23.1 Å². The number of aliphatic hydroxyl groups excluding tert-OH is 1. The van der Waals surface area contributed by atoms with Crippen LogP contribution in [0.1, 0.15) is 34.9 Å². The first-order chi connectivity index (χ1) is 15.5. The van der Waals surface area contributed by atoms with Gasteiger partial charge in [0, 0.05) is 30.4 Å². The molecule has 7 heteroatoms. The van der Waals surface area contributed by atoms with Gasteiger partial charge in [0.2, 0.25) is 0 Å². The normalized spacial score (nSPS) is 15.2. The lowest BCUT2D eigenvalue weighted by molar-refractivity contribution is -0.383. The molecule has 1 saturated heterocycles. The summed E-state index contributed by atoms with van der Waals surface area (Å²) in [6, 6.07) is 23.2. The summed E-state index contributed by atoms with van der Waals surface area (Å²) in [7, 11) is 0. The number of nitro benzene ring substituents is 1. The van der Waals surface area contributed by atoms with E-state index in [2.05, 4.69) is 5.32 Å². The molecule has 0 radical (unpaired) electrons. The van der Waals surface area contributed by atoms with Crippen LogP contribution in [-0.4, -0.2) is 33.9 Å². The topological polar surface area (TPSA) is 95.7 Å². The van der Waals surface area contributed by atoms with Gasteiger partial charge in [0.25, 0.3) is 11.6 Å². The standard InChI is InChI=1S/C25H25N3O4/c29-24(18-7-3-1-4-8-18)19-13-15-27(16-14-19)25(30)20-11-12-22(23(17-20)28(31)32)26-21-9-5-2-6-10-21/h1-12,17,19,24,26,29H,13-16H2/t24-/m1/s1. The number of hydrogen-bond acceptors (Lipinski definition) is 5. The Morgan fingerprint density at radius 2 is 1.62 bits per heavy atom. The highest BCUT2D eigenvalue weighted by Gasteiger charge is 2.29. The Kier molecular flexibility index (Phi) is 6.47. The molecule has 1 aliphatic rings. The van der Waals surface area contributed by atoms with E-state index in [9.17, 15) is 20.0 Å². The van der Waals surface area contributed by atoms with Crippen molar-refractivity contribution < 1.29 is 14.8 Å². The van der Waals surface area contributed by atoms with Crippen LogP contribution in [0.5, 0.6) is 0 Å². The van der Waals surface area contributed by atoms with Gasteiger partial charge in [0.05, 0.1) is 11.0 Å². The Labute approximate surface area is 186 Å². The van der Waals surface area contributed by atoms with Crippen LogP contribution in [0.15, 0.2) is 78.9 Å². The number of likely N-dealkylation sites (tertiary alicyclic amines) is 1. The van der Waals surface area contributed by atoms with Gasteiger partial charge in [-0.15, -0.1) is 0 Å². The molecule has 0 unspecified atom stereocenters. The molecule has 0 saturated carbocycles. The van der Waals surface area contributed by atoms with E-state index in [1.54, 1.807) is 17.0 Å². The third-order valence-electron chi connectivity index (χ3n) is 5.91. The van der Waals surface area contributed by atoms with Crippen LogP contribution in [0, 0.1) is 16.0 Å². The molecule has 1 aliphatic heterocycles. The maximum Gasteiger partial charge on any atom is 0.293 e. The summed E-state index contributed by atoms with van der Waals surface area (Å²) in [6.45, 7) is 1.01. The van der Waals surface area contributed by atoms with Crippen LogP contribution in [0.3, 0.4) is 0 Å². The van der Waals surface area contributed by atoms with Gasteiger partial charge in [-0.25, -0.2) is 0 Å². The number of amides is 1. The Morgan fingerprint density at radius 3 is 2.25 bits per heavy atom. The number of carbonyl (C=O) groups is 1. The van der Waals surface area contributed by atoms with Crippen LogP contribution in [0.2, 0.25) is 0 Å². The molecule has 7 nitrogen and oxygen atoms in total. The largest absolute Gasteiger partial charge is 0.388 e. The van der Waals surface area contributed by atoms with Crippen LogP contribution >= 0.6 is 0 Å². The lowest BCUT2D eigenvalue weighted by Crippen LogP contribution is -2.39. The van der Waals surface area contributed by atoms with Crippen LogP contribution < -0.4 is 5.32 Å². The molecule has 1 fully saturated rings. The highest BCUT2D eigenvalue weighted by atomic mass is 16.6. The molecule has 0 aliphatic carbocycles. The number of aliphatic hydroxyl groups is 1. The van der Waals surface area contributed by atoms with E-state index >= 15 is 0 Å². The van der Waals surface area contributed by atoms with Crippen molar-refractivity contribution in [2.24, 2.45) is 5.92 Å². The van der Waals surface area contributed by atoms with E-state index in [1.807, 2.05) is 60.7 Å². The van der Waals surface area contributed by atoms with E-state index in [4.69, 9.17) is 0 Å². The average molecular weight is 431 g/mol. The molecule has 3 aromatic rings. The van der Waals surface area contributed by atoms with E-state index in [1.165, 1.54) is 6.07 Å². The third kappa shape index (κ3) is 4.78. The smallest absolute Gasteiger partial charge is 0.293 e. The van der Waals surface area contributed by atoms with Crippen molar-refractivity contribution in [1.29, 1.82) is 0 Å². The quantitative estimate of drug-likeness (QED) is 0.426. The van der Waals surface area contributed by atoms with E-state index in [0.29, 0.717) is 31.6 Å². The fraction of sp³-hybridized carbons (Fsp3) is 0.240. The first-order valence-electron chi connectivity index (χ1n) is 10.7. The lowest BCUT2D eigenvalue weighted by atomic mass is 9.87. The van der Waals surface area contributed by atoms with Gasteiger partial charge in [-0.3, -0.25) is 14.9 Å². The first-order valence-corrected chi connectivity index (χ1v) is 10.7. The molecule has 1 amide bonds. The molecule has 0 bridgehead atoms. The van der Waals surface area contributed by atoms with E-state index in [0.717, 1.165) is 11.3 Å². The highest BCUT2D eigenvalue weighted by molar-refractivity contribution is 5.96. The molecule has 3 aromatic carbocycles. The number of piperidine rings is 1. The minimum absolute atomic E-state index is 0.0771. The lowest BCUT2D eigenvalue weighted by Gasteiger charge is -2.34. The Hall–Kier alpha value is -3.71. The Bertz CT molecular complexity index is 1080. The predicted molar refractivity (Wildman–Crippen MR) is 123 cm³/mol.